The Labute approximate surface area is 349 Å². The molecule has 332 valence electrons. The van der Waals surface area contributed by atoms with Crippen LogP contribution in [0.5, 0.6) is 0 Å². The van der Waals surface area contributed by atoms with Crippen molar-refractivity contribution in [1.29, 1.82) is 0 Å². The molecule has 0 saturated carbocycles. The number of imidazole rings is 1. The summed E-state index contributed by atoms with van der Waals surface area (Å²) in [5, 5.41) is 0. The van der Waals surface area contributed by atoms with Gasteiger partial charge in [0.25, 0.3) is 0 Å². The molecule has 1 rings (SSSR count). The third kappa shape index (κ3) is 30.3. The summed E-state index contributed by atoms with van der Waals surface area (Å²) < 4.78 is 17.7. The minimum Gasteiger partial charge on any atom is -0.462 e. The fraction of sp³-hybridized carbons (Fsp3) is 0.872. The molecular formula is C47H88N4O6. The average Bonchev–Trinajstić information content (AvgIpc) is 3.64. The molecule has 10 nitrogen and oxygen atoms in total. The van der Waals surface area contributed by atoms with Crippen LogP contribution >= 0.6 is 0 Å². The Morgan fingerprint density at radius 3 is 1.46 bits per heavy atom. The van der Waals surface area contributed by atoms with Crippen molar-refractivity contribution in [3.8, 4) is 0 Å². The molecule has 1 unspecified atom stereocenters. The predicted molar refractivity (Wildman–Crippen MR) is 235 cm³/mol. The van der Waals surface area contributed by atoms with Crippen molar-refractivity contribution in [3.05, 3.63) is 18.2 Å². The van der Waals surface area contributed by atoms with Crippen LogP contribution in [0.2, 0.25) is 0 Å². The van der Waals surface area contributed by atoms with E-state index in [0.29, 0.717) is 5.69 Å². The Kier molecular flexibility index (Phi) is 32.7. The van der Waals surface area contributed by atoms with Crippen molar-refractivity contribution in [1.82, 2.24) is 14.5 Å². The van der Waals surface area contributed by atoms with Crippen LogP contribution in [0.1, 0.15) is 220 Å². The summed E-state index contributed by atoms with van der Waals surface area (Å²) >= 11 is 0. The standard InChI is InChI=1S/C47H88N4O6/c1-6-8-10-12-14-16-18-20-22-24-26-28-30-32-34-50(35-33-31-29-27-25-23-21-19-17-15-13-11-9-7-2)44(52)40-55-36-37-56-45(53)43(48)38-42-39-49-41-51(42)46(54)57-47(3,4)5/h39,41,43H,6-38,40,48H2,1-5H3. The van der Waals surface area contributed by atoms with Gasteiger partial charge in [0.2, 0.25) is 5.91 Å². The molecule has 0 aliphatic carbocycles. The molecule has 0 radical (unpaired) electrons. The van der Waals surface area contributed by atoms with E-state index in [0.717, 1.165) is 38.8 Å². The molecule has 0 spiro atoms. The minimum atomic E-state index is -0.991. The van der Waals surface area contributed by atoms with E-state index in [1.807, 2.05) is 4.90 Å². The first-order valence-electron chi connectivity index (χ1n) is 23.6. The number of rotatable bonds is 38. The lowest BCUT2D eigenvalue weighted by molar-refractivity contribution is -0.147. The molecule has 2 N–H and O–H groups in total. The van der Waals surface area contributed by atoms with Crippen molar-refractivity contribution in [3.63, 3.8) is 0 Å². The second kappa shape index (κ2) is 35.5. The van der Waals surface area contributed by atoms with E-state index in [1.54, 1.807) is 20.8 Å². The monoisotopic (exact) mass is 805 g/mol. The molecule has 1 amide bonds. The predicted octanol–water partition coefficient (Wildman–Crippen LogP) is 11.9. The van der Waals surface area contributed by atoms with Crippen molar-refractivity contribution in [2.75, 3.05) is 32.9 Å². The van der Waals surface area contributed by atoms with Gasteiger partial charge in [0.15, 0.2) is 0 Å². The Hall–Kier alpha value is -2.46. The van der Waals surface area contributed by atoms with Crippen LogP contribution in [0.15, 0.2) is 12.5 Å². The number of hydrogen-bond donors (Lipinski definition) is 1. The smallest absolute Gasteiger partial charge is 0.420 e. The van der Waals surface area contributed by atoms with Gasteiger partial charge >= 0.3 is 12.1 Å². The molecule has 1 atom stereocenters. The molecule has 1 aromatic heterocycles. The summed E-state index contributed by atoms with van der Waals surface area (Å²) in [6, 6.07) is -0.991. The van der Waals surface area contributed by atoms with Gasteiger partial charge in [0.1, 0.15) is 31.2 Å². The fourth-order valence-electron chi connectivity index (χ4n) is 7.17. The second-order valence-electron chi connectivity index (χ2n) is 17.3. The molecule has 0 bridgehead atoms. The van der Waals surface area contributed by atoms with Crippen LogP contribution < -0.4 is 5.73 Å². The molecule has 10 heteroatoms. The Bertz CT molecular complexity index is 1090. The van der Waals surface area contributed by atoms with Crippen LogP contribution in [0.4, 0.5) is 4.79 Å². The van der Waals surface area contributed by atoms with Gasteiger partial charge in [-0.2, -0.15) is 0 Å². The Balaban J connectivity index is 2.37. The van der Waals surface area contributed by atoms with E-state index in [1.165, 1.54) is 171 Å². The topological polar surface area (TPSA) is 126 Å². The zero-order chi connectivity index (χ0) is 41.8. The zero-order valence-electron chi connectivity index (χ0n) is 37.6. The van der Waals surface area contributed by atoms with Crippen molar-refractivity contribution in [2.45, 2.75) is 232 Å². The lowest BCUT2D eigenvalue weighted by atomic mass is 10.0. The summed E-state index contributed by atoms with van der Waals surface area (Å²) in [4.78, 5) is 44.3. The number of unbranched alkanes of at least 4 members (excludes halogenated alkanes) is 26. The number of esters is 1. The fourth-order valence-corrected chi connectivity index (χ4v) is 7.17. The quantitative estimate of drug-likeness (QED) is 0.0517. The summed E-state index contributed by atoms with van der Waals surface area (Å²) in [5.74, 6) is -0.614. The number of hydrogen-bond acceptors (Lipinski definition) is 8. The van der Waals surface area contributed by atoms with E-state index < -0.39 is 23.7 Å². The van der Waals surface area contributed by atoms with Gasteiger partial charge in [-0.15, -0.1) is 0 Å². The first-order chi connectivity index (χ1) is 27.6. The molecule has 0 aliphatic rings. The maximum absolute atomic E-state index is 13.3. The average molecular weight is 805 g/mol. The molecule has 0 fully saturated rings. The van der Waals surface area contributed by atoms with E-state index in [4.69, 9.17) is 19.9 Å². The SMILES string of the molecule is CCCCCCCCCCCCCCCCN(CCCCCCCCCCCCCCCC)C(=O)COCCOC(=O)C(N)Cc1cncn1C(=O)OC(C)(C)C. The molecule has 0 aromatic carbocycles. The van der Waals surface area contributed by atoms with E-state index in [-0.39, 0.29) is 32.1 Å². The summed E-state index contributed by atoms with van der Waals surface area (Å²) in [7, 11) is 0. The number of nitrogens with zero attached hydrogens (tertiary/aromatic N) is 3. The van der Waals surface area contributed by atoms with Crippen molar-refractivity contribution < 1.29 is 28.6 Å². The summed E-state index contributed by atoms with van der Waals surface area (Å²) in [6.45, 7) is 11.5. The Morgan fingerprint density at radius 1 is 0.649 bits per heavy atom. The molecule has 0 aliphatic heterocycles. The highest BCUT2D eigenvalue weighted by molar-refractivity contribution is 5.77. The number of ether oxygens (including phenoxy) is 3. The number of nitrogens with two attached hydrogens (primary N) is 1. The minimum absolute atomic E-state index is 0.00202. The highest BCUT2D eigenvalue weighted by Crippen LogP contribution is 2.16. The molecule has 57 heavy (non-hydrogen) atoms. The highest BCUT2D eigenvalue weighted by atomic mass is 16.6. The van der Waals surface area contributed by atoms with Gasteiger partial charge in [-0.3, -0.25) is 9.59 Å². The normalized spacial score (nSPS) is 12.2. The van der Waals surface area contributed by atoms with E-state index in [9.17, 15) is 14.4 Å². The largest absolute Gasteiger partial charge is 0.462 e. The molecular weight excluding hydrogens is 717 g/mol. The van der Waals surface area contributed by atoms with Crippen LogP contribution in [0.3, 0.4) is 0 Å². The van der Waals surface area contributed by atoms with Gasteiger partial charge in [0.05, 0.1) is 12.3 Å². The Morgan fingerprint density at radius 2 is 1.05 bits per heavy atom. The highest BCUT2D eigenvalue weighted by Gasteiger charge is 2.23. The third-order valence-electron chi connectivity index (χ3n) is 10.7. The van der Waals surface area contributed by atoms with Crippen LogP contribution in [0.25, 0.3) is 0 Å². The van der Waals surface area contributed by atoms with Gasteiger partial charge in [-0.05, 0) is 33.6 Å². The molecule has 1 heterocycles. The van der Waals surface area contributed by atoms with Crippen LogP contribution in [-0.2, 0) is 30.2 Å². The zero-order valence-corrected chi connectivity index (χ0v) is 37.6. The first kappa shape index (κ1) is 52.6. The van der Waals surface area contributed by atoms with Crippen molar-refractivity contribution in [2.24, 2.45) is 5.73 Å². The van der Waals surface area contributed by atoms with Crippen LogP contribution in [0, 0.1) is 0 Å². The first-order valence-corrected chi connectivity index (χ1v) is 23.6. The van der Waals surface area contributed by atoms with Gasteiger partial charge in [-0.1, -0.05) is 181 Å². The van der Waals surface area contributed by atoms with Gasteiger partial charge in [0, 0.05) is 25.7 Å². The maximum Gasteiger partial charge on any atom is 0.420 e. The number of carbonyl (C=O) groups is 3. The van der Waals surface area contributed by atoms with Crippen LogP contribution in [-0.4, -0.2) is 77.0 Å². The van der Waals surface area contributed by atoms with E-state index in [2.05, 4.69) is 18.8 Å². The second-order valence-corrected chi connectivity index (χ2v) is 17.3. The lowest BCUT2D eigenvalue weighted by Gasteiger charge is -2.23. The summed E-state index contributed by atoms with van der Waals surface area (Å²) in [5.41, 5.74) is 5.87. The summed E-state index contributed by atoms with van der Waals surface area (Å²) in [6.07, 6.45) is 39.0. The number of amides is 1. The number of aromatic nitrogens is 2. The maximum atomic E-state index is 13.3. The number of carbonyl (C=O) groups excluding carboxylic acids is 3. The lowest BCUT2D eigenvalue weighted by Crippen LogP contribution is -2.37. The van der Waals surface area contributed by atoms with E-state index >= 15 is 0 Å². The third-order valence-corrected chi connectivity index (χ3v) is 10.7. The van der Waals surface area contributed by atoms with Gasteiger partial charge in [-0.25, -0.2) is 14.3 Å². The molecule has 1 aromatic rings. The molecule has 0 saturated heterocycles. The van der Waals surface area contributed by atoms with Crippen molar-refractivity contribution >= 4 is 18.0 Å². The van der Waals surface area contributed by atoms with Gasteiger partial charge < -0.3 is 24.8 Å².